The molecule has 174 valence electrons. The number of carbonyl (C=O) groups excluding carboxylic acids is 2. The fourth-order valence-corrected chi connectivity index (χ4v) is 4.57. The van der Waals surface area contributed by atoms with Gasteiger partial charge in [0.15, 0.2) is 5.13 Å². The van der Waals surface area contributed by atoms with Crippen LogP contribution in [0.15, 0.2) is 42.5 Å². The summed E-state index contributed by atoms with van der Waals surface area (Å²) < 4.78 is 56.2. The molecule has 3 aromatic rings. The van der Waals surface area contributed by atoms with Crippen LogP contribution >= 0.6 is 11.3 Å². The number of halogens is 4. The highest BCUT2D eigenvalue weighted by molar-refractivity contribution is 7.22. The van der Waals surface area contributed by atoms with Crippen LogP contribution in [0.1, 0.15) is 12.0 Å². The Kier molecular flexibility index (Phi) is 5.97. The smallest absolute Gasteiger partial charge is 0.343 e. The van der Waals surface area contributed by atoms with Gasteiger partial charge >= 0.3 is 12.2 Å². The molecule has 0 bridgehead atoms. The summed E-state index contributed by atoms with van der Waals surface area (Å²) in [7, 11) is 1.35. The zero-order valence-corrected chi connectivity index (χ0v) is 18.1. The van der Waals surface area contributed by atoms with E-state index in [0.29, 0.717) is 22.3 Å². The molecule has 1 aliphatic heterocycles. The van der Waals surface area contributed by atoms with E-state index in [4.69, 9.17) is 0 Å². The summed E-state index contributed by atoms with van der Waals surface area (Å²) in [6, 6.07) is 8.37. The minimum atomic E-state index is -4.88. The number of hydrogen-bond acceptors (Lipinski definition) is 5. The number of aromatic nitrogens is 1. The van der Waals surface area contributed by atoms with E-state index >= 15 is 0 Å². The highest BCUT2D eigenvalue weighted by atomic mass is 32.1. The highest BCUT2D eigenvalue weighted by Crippen LogP contribution is 2.43. The zero-order valence-electron chi connectivity index (χ0n) is 17.3. The number of likely N-dealkylation sites (N-methyl/N-ethyl adjacent to an activating group) is 1. The maximum absolute atomic E-state index is 14.3. The molecule has 2 heterocycles. The number of thiazole rings is 1. The fraction of sp³-hybridized carbons (Fsp3) is 0.286. The van der Waals surface area contributed by atoms with E-state index in [1.54, 1.807) is 0 Å². The summed E-state index contributed by atoms with van der Waals surface area (Å²) >= 11 is 0.970. The number of urea groups is 1. The first-order chi connectivity index (χ1) is 15.6. The average molecular weight is 481 g/mol. The van der Waals surface area contributed by atoms with Gasteiger partial charge in [0.25, 0.3) is 5.91 Å². The lowest BCUT2D eigenvalue weighted by atomic mass is 9.87. The van der Waals surface area contributed by atoms with Crippen molar-refractivity contribution in [3.8, 4) is 0 Å². The van der Waals surface area contributed by atoms with E-state index in [1.807, 2.05) is 0 Å². The SMILES string of the molecule is CN1CCCN[C@@](c2ccc3nc(NC(=O)Nc4ccc(F)cc4)sc3c2)(C(F)(F)F)C1=O. The maximum Gasteiger partial charge on any atom is 0.419 e. The molecule has 1 aromatic heterocycles. The number of carbonyl (C=O) groups is 2. The van der Waals surface area contributed by atoms with Crippen LogP contribution in [0.4, 0.5) is 33.2 Å². The number of anilines is 2. The number of benzene rings is 2. The Morgan fingerprint density at radius 2 is 1.91 bits per heavy atom. The van der Waals surface area contributed by atoms with Gasteiger partial charge < -0.3 is 10.2 Å². The van der Waals surface area contributed by atoms with E-state index < -0.39 is 29.5 Å². The Morgan fingerprint density at radius 3 is 2.61 bits per heavy atom. The monoisotopic (exact) mass is 481 g/mol. The summed E-state index contributed by atoms with van der Waals surface area (Å²) in [5, 5.41) is 7.60. The molecular formula is C21H19F4N5O2S. The highest BCUT2D eigenvalue weighted by Gasteiger charge is 2.62. The summed E-state index contributed by atoms with van der Waals surface area (Å²) in [6.07, 6.45) is -4.49. The van der Waals surface area contributed by atoms with Crippen LogP contribution in [0, 0.1) is 5.82 Å². The van der Waals surface area contributed by atoms with Crippen molar-refractivity contribution in [2.24, 2.45) is 0 Å². The molecule has 1 aliphatic rings. The van der Waals surface area contributed by atoms with Crippen molar-refractivity contribution in [3.63, 3.8) is 0 Å². The Labute approximate surface area is 189 Å². The van der Waals surface area contributed by atoms with E-state index in [1.165, 1.54) is 49.5 Å². The number of alkyl halides is 3. The second kappa shape index (κ2) is 8.60. The minimum absolute atomic E-state index is 0.0205. The van der Waals surface area contributed by atoms with Crippen molar-refractivity contribution in [1.29, 1.82) is 0 Å². The van der Waals surface area contributed by atoms with Crippen LogP contribution in [-0.4, -0.2) is 48.1 Å². The number of fused-ring (bicyclic) bond motifs is 1. The molecule has 0 saturated carbocycles. The Bertz CT molecular complexity index is 1200. The number of amides is 3. The Morgan fingerprint density at radius 1 is 1.18 bits per heavy atom. The van der Waals surface area contributed by atoms with Crippen LogP contribution in [-0.2, 0) is 10.3 Å². The number of rotatable bonds is 3. The van der Waals surface area contributed by atoms with Gasteiger partial charge in [-0.1, -0.05) is 17.4 Å². The number of nitrogens with zero attached hydrogens (tertiary/aromatic N) is 2. The van der Waals surface area contributed by atoms with Crippen molar-refractivity contribution in [1.82, 2.24) is 15.2 Å². The third-order valence-corrected chi connectivity index (χ3v) is 6.23. The van der Waals surface area contributed by atoms with Gasteiger partial charge in [-0.2, -0.15) is 13.2 Å². The molecular weight excluding hydrogens is 462 g/mol. The van der Waals surface area contributed by atoms with Gasteiger partial charge in [-0.25, -0.2) is 14.2 Å². The first-order valence-electron chi connectivity index (χ1n) is 9.92. The van der Waals surface area contributed by atoms with Gasteiger partial charge in [0.05, 0.1) is 10.2 Å². The van der Waals surface area contributed by atoms with Crippen molar-refractivity contribution < 1.29 is 27.2 Å². The summed E-state index contributed by atoms with van der Waals surface area (Å²) in [6.45, 7) is 0.233. The van der Waals surface area contributed by atoms with Crippen molar-refractivity contribution >= 4 is 44.3 Å². The van der Waals surface area contributed by atoms with Gasteiger partial charge in [0, 0.05) is 19.3 Å². The fourth-order valence-electron chi connectivity index (χ4n) is 3.67. The van der Waals surface area contributed by atoms with Crippen molar-refractivity contribution in [2.45, 2.75) is 18.1 Å². The summed E-state index contributed by atoms with van der Waals surface area (Å²) in [5.41, 5.74) is -2.39. The third kappa shape index (κ3) is 4.35. The standard InChI is InChI=1S/C21H19F4N5O2S/c1-30-10-2-9-26-20(17(30)31,21(23,24)25)12-3-8-15-16(11-12)33-19(28-15)29-18(32)27-14-6-4-13(22)5-7-14/h3-8,11,26H,2,9-10H2,1H3,(H2,27,28,29,32)/t20-/m1/s1. The first-order valence-corrected chi connectivity index (χ1v) is 10.7. The largest absolute Gasteiger partial charge is 0.419 e. The summed E-state index contributed by atoms with van der Waals surface area (Å²) in [4.78, 5) is 30.3. The summed E-state index contributed by atoms with van der Waals surface area (Å²) in [5.74, 6) is -1.53. The van der Waals surface area contributed by atoms with Gasteiger partial charge in [-0.3, -0.25) is 15.4 Å². The predicted octanol–water partition coefficient (Wildman–Crippen LogP) is 4.29. The molecule has 0 aliphatic carbocycles. The zero-order chi connectivity index (χ0) is 23.8. The molecule has 0 unspecified atom stereocenters. The van der Waals surface area contributed by atoms with Crippen molar-refractivity contribution in [3.05, 3.63) is 53.8 Å². The van der Waals surface area contributed by atoms with Crippen LogP contribution in [0.5, 0.6) is 0 Å². The predicted molar refractivity (Wildman–Crippen MR) is 117 cm³/mol. The molecule has 7 nitrogen and oxygen atoms in total. The van der Waals surface area contributed by atoms with Gasteiger partial charge in [-0.05, 0) is 54.9 Å². The number of nitrogens with one attached hydrogen (secondary N) is 3. The maximum atomic E-state index is 14.3. The quantitative estimate of drug-likeness (QED) is 0.488. The van der Waals surface area contributed by atoms with E-state index in [9.17, 15) is 27.2 Å². The van der Waals surface area contributed by atoms with Crippen molar-refractivity contribution in [2.75, 3.05) is 30.8 Å². The van der Waals surface area contributed by atoms with E-state index in [-0.39, 0.29) is 23.8 Å². The molecule has 3 N–H and O–H groups in total. The van der Waals surface area contributed by atoms with Gasteiger partial charge in [-0.15, -0.1) is 0 Å². The molecule has 3 amide bonds. The normalized spacial score (nSPS) is 19.4. The molecule has 2 aromatic carbocycles. The Balaban J connectivity index is 1.63. The lowest BCUT2D eigenvalue weighted by molar-refractivity contribution is -0.206. The molecule has 1 atom stereocenters. The van der Waals surface area contributed by atoms with Gasteiger partial charge in [0.2, 0.25) is 5.54 Å². The minimum Gasteiger partial charge on any atom is -0.343 e. The van der Waals surface area contributed by atoms with Crippen LogP contribution < -0.4 is 16.0 Å². The van der Waals surface area contributed by atoms with E-state index in [2.05, 4.69) is 20.9 Å². The Hall–Kier alpha value is -3.25. The van der Waals surface area contributed by atoms with Crippen LogP contribution in [0.2, 0.25) is 0 Å². The molecule has 0 spiro atoms. The molecule has 12 heteroatoms. The second-order valence-corrected chi connectivity index (χ2v) is 8.57. The molecule has 33 heavy (non-hydrogen) atoms. The molecule has 0 radical (unpaired) electrons. The van der Waals surface area contributed by atoms with Gasteiger partial charge in [0.1, 0.15) is 5.82 Å². The topological polar surface area (TPSA) is 86.4 Å². The lowest BCUT2D eigenvalue weighted by Crippen LogP contribution is -2.61. The lowest BCUT2D eigenvalue weighted by Gasteiger charge is -2.36. The molecule has 4 rings (SSSR count). The van der Waals surface area contributed by atoms with E-state index in [0.717, 1.165) is 16.2 Å². The third-order valence-electron chi connectivity index (χ3n) is 5.30. The van der Waals surface area contributed by atoms with Crippen LogP contribution in [0.25, 0.3) is 10.2 Å². The molecule has 1 saturated heterocycles. The average Bonchev–Trinajstić information content (AvgIpc) is 3.07. The van der Waals surface area contributed by atoms with Crippen LogP contribution in [0.3, 0.4) is 0 Å². The first kappa shape index (κ1) is 22.9. The molecule has 1 fully saturated rings. The second-order valence-electron chi connectivity index (χ2n) is 7.54. The number of hydrogen-bond donors (Lipinski definition) is 3.